The number of hydrogen-bond acceptors (Lipinski definition) is 4. The second-order valence-corrected chi connectivity index (χ2v) is 7.42. The molecule has 3 aromatic rings. The monoisotopic (exact) mass is 428 g/mol. The summed E-state index contributed by atoms with van der Waals surface area (Å²) in [5, 5.41) is 17.0. The molecular formula is C26H28N4O2. The van der Waals surface area contributed by atoms with Crippen LogP contribution in [-0.2, 0) is 4.79 Å². The first-order chi connectivity index (χ1) is 15.6. The summed E-state index contributed by atoms with van der Waals surface area (Å²) in [5.41, 5.74) is 4.24. The number of aromatic nitrogens is 2. The van der Waals surface area contributed by atoms with Gasteiger partial charge in [-0.2, -0.15) is 10.4 Å². The number of hydrogen-bond donors (Lipinski definition) is 1. The van der Waals surface area contributed by atoms with Gasteiger partial charge in [-0.15, -0.1) is 0 Å². The van der Waals surface area contributed by atoms with Crippen molar-refractivity contribution in [1.82, 2.24) is 15.1 Å². The molecule has 32 heavy (non-hydrogen) atoms. The first kappa shape index (κ1) is 22.8. The molecular weight excluding hydrogens is 400 g/mol. The van der Waals surface area contributed by atoms with Gasteiger partial charge >= 0.3 is 0 Å². The summed E-state index contributed by atoms with van der Waals surface area (Å²) in [6.45, 7) is 7.09. The van der Waals surface area contributed by atoms with Gasteiger partial charge in [0.2, 0.25) is 0 Å². The molecule has 1 N–H and O–H groups in total. The van der Waals surface area contributed by atoms with E-state index in [1.165, 1.54) is 0 Å². The average Bonchev–Trinajstić information content (AvgIpc) is 3.22. The first-order valence-electron chi connectivity index (χ1n) is 10.9. The van der Waals surface area contributed by atoms with Gasteiger partial charge in [-0.3, -0.25) is 4.79 Å². The molecule has 0 radical (unpaired) electrons. The molecule has 0 saturated carbocycles. The van der Waals surface area contributed by atoms with Crippen LogP contribution < -0.4 is 10.1 Å². The highest BCUT2D eigenvalue weighted by Crippen LogP contribution is 2.30. The molecule has 0 atom stereocenters. The van der Waals surface area contributed by atoms with Crippen molar-refractivity contribution in [1.29, 1.82) is 5.26 Å². The van der Waals surface area contributed by atoms with E-state index >= 15 is 0 Å². The lowest BCUT2D eigenvalue weighted by Gasteiger charge is -2.09. The van der Waals surface area contributed by atoms with Crippen LogP contribution in [0.15, 0.2) is 60.3 Å². The van der Waals surface area contributed by atoms with Crippen molar-refractivity contribution in [3.8, 4) is 28.8 Å². The Morgan fingerprint density at radius 1 is 1.22 bits per heavy atom. The van der Waals surface area contributed by atoms with Gasteiger partial charge in [-0.25, -0.2) is 4.68 Å². The zero-order chi connectivity index (χ0) is 22.9. The smallest absolute Gasteiger partial charge is 0.261 e. The molecule has 0 unspecified atom stereocenters. The molecule has 1 aromatic heterocycles. The van der Waals surface area contributed by atoms with Gasteiger partial charge in [-0.05, 0) is 62.2 Å². The van der Waals surface area contributed by atoms with E-state index in [9.17, 15) is 10.1 Å². The summed E-state index contributed by atoms with van der Waals surface area (Å²) >= 11 is 0. The van der Waals surface area contributed by atoms with Crippen LogP contribution >= 0.6 is 0 Å². The van der Waals surface area contributed by atoms with Gasteiger partial charge in [0, 0.05) is 23.9 Å². The number of rotatable bonds is 9. The quantitative estimate of drug-likeness (QED) is 0.293. The molecule has 0 fully saturated rings. The number of likely N-dealkylation sites (N-methyl/N-ethyl adjacent to an activating group) is 1. The third kappa shape index (κ3) is 5.44. The van der Waals surface area contributed by atoms with Crippen LogP contribution in [0.4, 0.5) is 0 Å². The van der Waals surface area contributed by atoms with E-state index in [2.05, 4.69) is 12.2 Å². The molecule has 1 amide bonds. The van der Waals surface area contributed by atoms with Crippen LogP contribution in [0.1, 0.15) is 37.8 Å². The molecule has 2 aromatic carbocycles. The van der Waals surface area contributed by atoms with Crippen LogP contribution in [0.25, 0.3) is 23.0 Å². The maximum absolute atomic E-state index is 12.3. The van der Waals surface area contributed by atoms with E-state index in [4.69, 9.17) is 9.84 Å². The van der Waals surface area contributed by atoms with Crippen LogP contribution in [0.3, 0.4) is 0 Å². The average molecular weight is 429 g/mol. The van der Waals surface area contributed by atoms with Crippen molar-refractivity contribution < 1.29 is 9.53 Å². The molecule has 0 aliphatic heterocycles. The molecule has 0 bridgehead atoms. The van der Waals surface area contributed by atoms with E-state index in [-0.39, 0.29) is 5.57 Å². The maximum atomic E-state index is 12.3. The van der Waals surface area contributed by atoms with E-state index < -0.39 is 5.91 Å². The third-order valence-corrected chi connectivity index (χ3v) is 4.99. The van der Waals surface area contributed by atoms with E-state index in [0.717, 1.165) is 35.4 Å². The fourth-order valence-electron chi connectivity index (χ4n) is 3.30. The standard InChI is InChI=1S/C26H28N4O2/c1-4-6-14-32-23-12-13-24(19(3)15-23)25-21(16-20(17-27)26(31)28-5-2)18-30(29-25)22-10-8-7-9-11-22/h7-13,15-16,18H,4-6,14H2,1-3H3,(H,28,31). The highest BCUT2D eigenvalue weighted by Gasteiger charge is 2.16. The zero-order valence-electron chi connectivity index (χ0n) is 18.8. The highest BCUT2D eigenvalue weighted by molar-refractivity contribution is 6.02. The van der Waals surface area contributed by atoms with Crippen LogP contribution in [0.5, 0.6) is 5.75 Å². The second-order valence-electron chi connectivity index (χ2n) is 7.42. The van der Waals surface area contributed by atoms with Crippen molar-refractivity contribution >= 4 is 12.0 Å². The number of nitriles is 1. The van der Waals surface area contributed by atoms with Crippen molar-refractivity contribution in [2.45, 2.75) is 33.6 Å². The summed E-state index contributed by atoms with van der Waals surface area (Å²) < 4.78 is 7.59. The molecule has 1 heterocycles. The predicted molar refractivity (Wildman–Crippen MR) is 126 cm³/mol. The summed E-state index contributed by atoms with van der Waals surface area (Å²) in [6.07, 6.45) is 5.52. The molecule has 0 spiro atoms. The lowest BCUT2D eigenvalue weighted by Crippen LogP contribution is -2.23. The fourth-order valence-corrected chi connectivity index (χ4v) is 3.30. The molecule has 0 aliphatic rings. The Labute approximate surface area is 189 Å². The SMILES string of the molecule is CCCCOc1ccc(-c2nn(-c3ccccc3)cc2C=C(C#N)C(=O)NCC)c(C)c1. The number of para-hydroxylation sites is 1. The number of aryl methyl sites for hydroxylation is 1. The third-order valence-electron chi connectivity index (χ3n) is 4.99. The summed E-state index contributed by atoms with van der Waals surface area (Å²) in [4.78, 5) is 12.3. The van der Waals surface area contributed by atoms with Crippen molar-refractivity contribution in [2.24, 2.45) is 0 Å². The van der Waals surface area contributed by atoms with Gasteiger partial charge in [0.05, 0.1) is 12.3 Å². The largest absolute Gasteiger partial charge is 0.494 e. The van der Waals surface area contributed by atoms with Crippen molar-refractivity contribution in [3.63, 3.8) is 0 Å². The minimum Gasteiger partial charge on any atom is -0.494 e. The van der Waals surface area contributed by atoms with Crippen LogP contribution in [-0.4, -0.2) is 28.8 Å². The van der Waals surface area contributed by atoms with Crippen molar-refractivity contribution in [3.05, 3.63) is 71.4 Å². The number of benzene rings is 2. The van der Waals surface area contributed by atoms with E-state index in [0.29, 0.717) is 24.4 Å². The molecule has 6 nitrogen and oxygen atoms in total. The van der Waals surface area contributed by atoms with Gasteiger partial charge in [-0.1, -0.05) is 31.5 Å². The molecule has 6 heteroatoms. The number of nitrogens with one attached hydrogen (secondary N) is 1. The minimum atomic E-state index is -0.398. The Bertz CT molecular complexity index is 1140. The molecule has 0 saturated heterocycles. The highest BCUT2D eigenvalue weighted by atomic mass is 16.5. The number of carbonyl (C=O) groups is 1. The Hall–Kier alpha value is -3.85. The lowest BCUT2D eigenvalue weighted by molar-refractivity contribution is -0.116. The molecule has 3 rings (SSSR count). The van der Waals surface area contributed by atoms with E-state index in [1.54, 1.807) is 10.8 Å². The normalized spacial score (nSPS) is 11.1. The number of unbranched alkanes of at least 4 members (excludes halogenated alkanes) is 1. The van der Waals surface area contributed by atoms with Crippen LogP contribution in [0, 0.1) is 18.3 Å². The second kappa shape index (κ2) is 11.0. The maximum Gasteiger partial charge on any atom is 0.261 e. The van der Waals surface area contributed by atoms with Gasteiger partial charge < -0.3 is 10.1 Å². The number of amides is 1. The number of ether oxygens (including phenoxy) is 1. The predicted octanol–water partition coefficient (Wildman–Crippen LogP) is 5.07. The minimum absolute atomic E-state index is 0.0397. The fraction of sp³-hybridized carbons (Fsp3) is 0.269. The van der Waals surface area contributed by atoms with Gasteiger partial charge in [0.1, 0.15) is 23.1 Å². The van der Waals surface area contributed by atoms with Crippen LogP contribution in [0.2, 0.25) is 0 Å². The van der Waals surface area contributed by atoms with Gasteiger partial charge in [0.25, 0.3) is 5.91 Å². The van der Waals surface area contributed by atoms with E-state index in [1.807, 2.05) is 74.6 Å². The van der Waals surface area contributed by atoms with Gasteiger partial charge in [0.15, 0.2) is 0 Å². The molecule has 164 valence electrons. The Morgan fingerprint density at radius 2 is 2.00 bits per heavy atom. The summed E-state index contributed by atoms with van der Waals surface area (Å²) in [7, 11) is 0. The number of carbonyl (C=O) groups excluding carboxylic acids is 1. The topological polar surface area (TPSA) is 79.9 Å². The lowest BCUT2D eigenvalue weighted by atomic mass is 10.0. The summed E-state index contributed by atoms with van der Waals surface area (Å²) in [5.74, 6) is 0.420. The first-order valence-corrected chi connectivity index (χ1v) is 10.9. The zero-order valence-corrected chi connectivity index (χ0v) is 18.8. The number of nitrogens with zero attached hydrogens (tertiary/aromatic N) is 3. The Balaban J connectivity index is 2.07. The Morgan fingerprint density at radius 3 is 2.66 bits per heavy atom. The summed E-state index contributed by atoms with van der Waals surface area (Å²) in [6, 6.07) is 17.6. The van der Waals surface area contributed by atoms with Crippen molar-refractivity contribution in [2.75, 3.05) is 13.2 Å². The Kier molecular flexibility index (Phi) is 7.82. The molecule has 0 aliphatic carbocycles.